The monoisotopic (exact) mass is 643 g/mol. The number of amidine groups is 1. The maximum atomic E-state index is 12.9. The van der Waals surface area contributed by atoms with E-state index in [1.54, 1.807) is 6.07 Å². The van der Waals surface area contributed by atoms with Gasteiger partial charge in [-0.05, 0) is 80.0 Å². The van der Waals surface area contributed by atoms with E-state index >= 15 is 0 Å². The van der Waals surface area contributed by atoms with Gasteiger partial charge < -0.3 is 0 Å². The summed E-state index contributed by atoms with van der Waals surface area (Å²) in [5.41, 5.74) is 9.97. The number of thioether (sulfide) groups is 1. The van der Waals surface area contributed by atoms with Crippen molar-refractivity contribution in [2.24, 2.45) is 4.99 Å². The lowest BCUT2D eigenvalue weighted by molar-refractivity contribution is -0.137. The van der Waals surface area contributed by atoms with Crippen LogP contribution in [-0.4, -0.2) is 36.7 Å². The third kappa shape index (κ3) is 6.74. The van der Waals surface area contributed by atoms with Gasteiger partial charge >= 0.3 is 6.18 Å². The third-order valence-corrected chi connectivity index (χ3v) is 8.28. The minimum Gasteiger partial charge on any atom is -0.296 e. The number of halogens is 4. The van der Waals surface area contributed by atoms with Crippen LogP contribution in [0.2, 0.25) is 5.02 Å². The van der Waals surface area contributed by atoms with Gasteiger partial charge in [-0.15, -0.1) is 5.10 Å². The number of alkyl halides is 3. The summed E-state index contributed by atoms with van der Waals surface area (Å²) in [7, 11) is 0. The Bertz CT molecular complexity index is 1710. The molecular weight excluding hydrogens is 619 g/mol. The van der Waals surface area contributed by atoms with E-state index in [1.807, 2.05) is 51.1 Å². The van der Waals surface area contributed by atoms with Crippen LogP contribution in [0.1, 0.15) is 35.2 Å². The highest BCUT2D eigenvalue weighted by atomic mass is 35.5. The summed E-state index contributed by atoms with van der Waals surface area (Å²) in [4.78, 5) is 23.0. The van der Waals surface area contributed by atoms with Crippen molar-refractivity contribution in [1.29, 1.82) is 0 Å². The fourth-order valence-corrected chi connectivity index (χ4v) is 5.67. The molecule has 1 aliphatic rings. The molecule has 8 nitrogen and oxygen atoms in total. The Morgan fingerprint density at radius 1 is 1.09 bits per heavy atom. The van der Waals surface area contributed by atoms with Crippen molar-refractivity contribution >= 4 is 57.5 Å². The first-order valence-electron chi connectivity index (χ1n) is 13.0. The molecule has 1 amide bonds. The van der Waals surface area contributed by atoms with Crippen molar-refractivity contribution in [1.82, 2.24) is 25.6 Å². The van der Waals surface area contributed by atoms with Crippen LogP contribution >= 0.6 is 35.6 Å². The van der Waals surface area contributed by atoms with Gasteiger partial charge in [-0.2, -0.15) is 18.2 Å². The van der Waals surface area contributed by atoms with Gasteiger partial charge in [0.05, 0.1) is 27.7 Å². The Morgan fingerprint density at radius 3 is 2.47 bits per heavy atom. The number of hydrazine groups is 1. The summed E-state index contributed by atoms with van der Waals surface area (Å²) >= 11 is 13.2. The van der Waals surface area contributed by atoms with Crippen molar-refractivity contribution in [3.63, 3.8) is 0 Å². The number of aromatic nitrogens is 3. The second kappa shape index (κ2) is 12.4. The molecule has 4 aromatic rings. The number of hydrogen-bond donors (Lipinski definition) is 2. The lowest BCUT2D eigenvalue weighted by Crippen LogP contribution is -2.38. The Balaban J connectivity index is 1.22. The zero-order chi connectivity index (χ0) is 30.9. The van der Waals surface area contributed by atoms with Crippen LogP contribution < -0.4 is 15.8 Å². The molecule has 0 radical (unpaired) electrons. The first-order chi connectivity index (χ1) is 20.4. The lowest BCUT2D eigenvalue weighted by Gasteiger charge is -2.21. The van der Waals surface area contributed by atoms with Crippen molar-refractivity contribution in [2.75, 3.05) is 10.7 Å². The normalized spacial score (nSPS) is 15.3. The van der Waals surface area contributed by atoms with E-state index in [-0.39, 0.29) is 22.8 Å². The molecule has 43 heavy (non-hydrogen) atoms. The molecule has 222 valence electrons. The van der Waals surface area contributed by atoms with Gasteiger partial charge in [-0.3, -0.25) is 15.1 Å². The van der Waals surface area contributed by atoms with E-state index in [0.717, 1.165) is 34.4 Å². The molecule has 1 atom stereocenters. The van der Waals surface area contributed by atoms with Crippen molar-refractivity contribution in [3.05, 3.63) is 94.3 Å². The molecule has 1 aliphatic heterocycles. The predicted octanol–water partition coefficient (Wildman–Crippen LogP) is 6.80. The van der Waals surface area contributed by atoms with Gasteiger partial charge in [0, 0.05) is 11.6 Å². The second-order valence-electron chi connectivity index (χ2n) is 9.73. The van der Waals surface area contributed by atoms with Crippen LogP contribution in [0.15, 0.2) is 72.0 Å². The highest BCUT2D eigenvalue weighted by Gasteiger charge is 2.33. The minimum atomic E-state index is -4.40. The molecule has 0 spiro atoms. The number of carbonyl (C=O) groups is 1. The second-order valence-corrected chi connectivity index (χ2v) is 11.5. The molecule has 14 heteroatoms. The number of anilines is 1. The Hall–Kier alpha value is -3.78. The molecule has 0 aliphatic carbocycles. The van der Waals surface area contributed by atoms with Crippen molar-refractivity contribution in [2.45, 2.75) is 33.0 Å². The summed E-state index contributed by atoms with van der Waals surface area (Å²) in [6.07, 6.45) is -2.95. The van der Waals surface area contributed by atoms with Crippen LogP contribution in [0.25, 0.3) is 17.1 Å². The fraction of sp³-hybridized carbons (Fsp3) is 0.207. The zero-order valence-corrected chi connectivity index (χ0v) is 25.5. The van der Waals surface area contributed by atoms with Gasteiger partial charge in [0.1, 0.15) is 6.33 Å². The number of nitrogens with zero attached hydrogens (tertiary/aromatic N) is 5. The molecule has 1 unspecified atom stereocenters. The number of benzene rings is 3. The standard InChI is InChI=1S/C29H25ClF3N7OS2/c1-16-4-13-23(30)25(17(16)2)40-24(41)14-43-28(40)35-27(42)37-36-18(3)19-5-7-20(8-6-19)26-34-15-39(38-26)22-11-9-21(10-12-22)29(31,32)33/h4-13,15,18,36H,14H2,1-3H3,(H,37,42)/b35-28-. The summed E-state index contributed by atoms with van der Waals surface area (Å²) < 4.78 is 40.0. The maximum Gasteiger partial charge on any atom is 0.416 e. The van der Waals surface area contributed by atoms with Crippen LogP contribution in [0, 0.1) is 13.8 Å². The number of rotatable bonds is 6. The van der Waals surface area contributed by atoms with Crippen LogP contribution in [0.4, 0.5) is 18.9 Å². The van der Waals surface area contributed by atoms with E-state index in [4.69, 9.17) is 23.8 Å². The Labute approximate surface area is 260 Å². The minimum absolute atomic E-state index is 0.123. The van der Waals surface area contributed by atoms with Crippen molar-refractivity contribution in [3.8, 4) is 17.1 Å². The highest BCUT2D eigenvalue weighted by Crippen LogP contribution is 2.36. The van der Waals surface area contributed by atoms with E-state index in [1.165, 1.54) is 39.8 Å². The molecule has 1 fully saturated rings. The first kappa shape index (κ1) is 30.7. The van der Waals surface area contributed by atoms with Crippen LogP contribution in [0.3, 0.4) is 0 Å². The van der Waals surface area contributed by atoms with Crippen LogP contribution in [0.5, 0.6) is 0 Å². The molecule has 2 N–H and O–H groups in total. The number of aryl methyl sites for hydroxylation is 1. The largest absolute Gasteiger partial charge is 0.416 e. The number of nitrogens with one attached hydrogen (secondary N) is 2. The van der Waals surface area contributed by atoms with Gasteiger partial charge in [-0.1, -0.05) is 53.7 Å². The summed E-state index contributed by atoms with van der Waals surface area (Å²) in [6, 6.07) is 15.7. The number of carbonyl (C=O) groups excluding carboxylic acids is 1. The average molecular weight is 644 g/mol. The Morgan fingerprint density at radius 2 is 1.79 bits per heavy atom. The van der Waals surface area contributed by atoms with Crippen molar-refractivity contribution < 1.29 is 18.0 Å². The smallest absolute Gasteiger partial charge is 0.296 e. The van der Waals surface area contributed by atoms with Gasteiger partial charge in [0.2, 0.25) is 11.0 Å². The molecular formula is C29H25ClF3N7OS2. The lowest BCUT2D eigenvalue weighted by atomic mass is 10.1. The molecule has 1 saturated heterocycles. The topological polar surface area (TPSA) is 87.4 Å². The SMILES string of the molecule is Cc1ccc(Cl)c(N2C(=O)CS/C2=N\C(=S)NNC(C)c2ccc(-c3ncn(-c4ccc(C(F)(F)F)cc4)n3)cc2)c1C. The number of amides is 1. The number of aliphatic imine (C=N–C) groups is 1. The maximum absolute atomic E-state index is 12.9. The van der Waals surface area contributed by atoms with E-state index in [0.29, 0.717) is 27.4 Å². The first-order valence-corrected chi connectivity index (χ1v) is 14.7. The summed E-state index contributed by atoms with van der Waals surface area (Å²) in [5, 5.41) is 5.46. The quantitative estimate of drug-likeness (QED) is 0.177. The molecule has 5 rings (SSSR count). The van der Waals surface area contributed by atoms with E-state index in [2.05, 4.69) is 25.9 Å². The molecule has 3 aromatic carbocycles. The van der Waals surface area contributed by atoms with Gasteiger partial charge in [0.25, 0.3) is 0 Å². The summed E-state index contributed by atoms with van der Waals surface area (Å²) in [5.74, 6) is 0.542. The fourth-order valence-electron chi connectivity index (χ4n) is 4.32. The summed E-state index contributed by atoms with van der Waals surface area (Å²) in [6.45, 7) is 5.80. The molecule has 0 saturated carbocycles. The van der Waals surface area contributed by atoms with Gasteiger partial charge in [0.15, 0.2) is 11.0 Å². The molecule has 0 bridgehead atoms. The molecule has 1 aromatic heterocycles. The number of thiocarbonyl (C=S) groups is 1. The highest BCUT2D eigenvalue weighted by molar-refractivity contribution is 8.15. The van der Waals surface area contributed by atoms with Crippen LogP contribution in [-0.2, 0) is 11.0 Å². The molecule has 2 heterocycles. The average Bonchev–Trinajstić information content (AvgIpc) is 3.61. The van der Waals surface area contributed by atoms with Gasteiger partial charge in [-0.25, -0.2) is 15.1 Å². The Kier molecular flexibility index (Phi) is 8.88. The zero-order valence-electron chi connectivity index (χ0n) is 23.1. The third-order valence-electron chi connectivity index (χ3n) is 6.85. The predicted molar refractivity (Wildman–Crippen MR) is 167 cm³/mol. The number of hydrogen-bond acceptors (Lipinski definition) is 6. The van der Waals surface area contributed by atoms with E-state index in [9.17, 15) is 18.0 Å². The van der Waals surface area contributed by atoms with E-state index < -0.39 is 11.7 Å².